The molecule has 12 aromatic rings. The molecule has 6 amide bonds. The van der Waals surface area contributed by atoms with E-state index < -0.39 is 35.6 Å². The number of anilines is 6. The number of methoxy groups -OCH3 is 2. The molecule has 0 aliphatic carbocycles. The molecule has 0 unspecified atom stereocenters. The third kappa shape index (κ3) is 26.3. The fourth-order valence-electron chi connectivity index (χ4n) is 12.1. The molecule has 13 heterocycles. The second-order valence-electron chi connectivity index (χ2n) is 28.0. The van der Waals surface area contributed by atoms with Crippen LogP contribution in [0.4, 0.5) is 34.9 Å². The Morgan fingerprint density at radius 1 is 0.346 bits per heavy atom. The van der Waals surface area contributed by atoms with E-state index in [0.29, 0.717) is 154 Å². The number of thiophene rings is 1. The number of phenols is 2. The number of hydrogen-bond acceptors (Lipinski definition) is 27. The van der Waals surface area contributed by atoms with Gasteiger partial charge in [0.25, 0.3) is 35.4 Å². The maximum Gasteiger partial charge on any atom is 0.308 e. The third-order valence-electron chi connectivity index (χ3n) is 18.0. The van der Waals surface area contributed by atoms with Gasteiger partial charge in [0.05, 0.1) is 50.0 Å². The Balaban J connectivity index is 0.000000138. The maximum atomic E-state index is 12.2. The quantitative estimate of drug-likeness (QED) is 0.0273. The summed E-state index contributed by atoms with van der Waals surface area (Å²) in [5.41, 5.74) is 6.92. The van der Waals surface area contributed by atoms with Crippen LogP contribution in [0.25, 0.3) is 36.5 Å². The van der Waals surface area contributed by atoms with Crippen LogP contribution in [0.3, 0.4) is 0 Å². The number of phenolic OH excluding ortho intramolecular Hbond substituents is 2. The van der Waals surface area contributed by atoms with E-state index in [0.717, 1.165) is 28.1 Å². The fraction of sp³-hybridized carbons (Fsp3) is 0.0769. The summed E-state index contributed by atoms with van der Waals surface area (Å²) in [7, 11) is 3.14. The molecule has 6 aliphatic rings. The lowest BCUT2D eigenvalue weighted by molar-refractivity contribution is -0.132. The van der Waals surface area contributed by atoms with Gasteiger partial charge in [-0.15, -0.1) is 0 Å². The van der Waals surface area contributed by atoms with Crippen molar-refractivity contribution < 1.29 is 95.9 Å². The van der Waals surface area contributed by atoms with Gasteiger partial charge < -0.3 is 89.5 Å². The van der Waals surface area contributed by atoms with Crippen LogP contribution in [-0.4, -0.2) is 102 Å². The van der Waals surface area contributed by atoms with Gasteiger partial charge in [0.2, 0.25) is 0 Å². The molecule has 0 atom stereocenters. The molecule has 694 valence electrons. The molecular weight excluding hydrogens is 2480 g/mol. The SMILES string of the molecule is CC(=O)Oc1c(Br)cc(/C=C2\Oc3ccc(Br)nc3NC2=O)cc1Br.CC(=O)Oc1c(Br)cc(/C=C2\Oc3ccc(C)nc3NC2=O)cc1Br.COc1cc(/C=C2\Oc3ccc(Cl)nc3NC2=O)cc(C)c1OC.Cc1ccc2c(n1)NC(=O)/C(=C/c1ccsc1)O2.O=C1Nc2nc(Br)ccc2O/C1=C\c1cc(Br)c(O)c(Br)c1.O=C1Nc2nc(Cl)ccc2O/C1=C\c1cc(Br)c(O)c(Br)c1. The van der Waals surface area contributed by atoms with Gasteiger partial charge in [-0.05, 0) is 406 Å². The summed E-state index contributed by atoms with van der Waals surface area (Å²) in [6.45, 7) is 8.23. The summed E-state index contributed by atoms with van der Waals surface area (Å²) >= 11 is 46.0. The van der Waals surface area contributed by atoms with E-state index in [9.17, 15) is 48.6 Å². The first-order valence-electron chi connectivity index (χ1n) is 38.6. The Labute approximate surface area is 869 Å². The van der Waals surface area contributed by atoms with Crippen LogP contribution in [0, 0.1) is 20.8 Å². The zero-order valence-corrected chi connectivity index (χ0v) is 88.5. The van der Waals surface area contributed by atoms with Crippen molar-refractivity contribution in [3.05, 3.63) is 290 Å². The number of benzene rings is 5. The largest absolute Gasteiger partial charge is 0.506 e. The zero-order chi connectivity index (χ0) is 97.8. The number of aryl methyl sites for hydroxylation is 3. The van der Waals surface area contributed by atoms with Crippen molar-refractivity contribution in [1.82, 2.24) is 29.9 Å². The zero-order valence-electron chi connectivity index (χ0n) is 70.3. The molecule has 0 fully saturated rings. The van der Waals surface area contributed by atoms with E-state index in [-0.39, 0.29) is 74.0 Å². The molecule has 5 aromatic carbocycles. The minimum Gasteiger partial charge on any atom is -0.506 e. The van der Waals surface area contributed by atoms with Crippen LogP contribution in [0.5, 0.6) is 69.0 Å². The van der Waals surface area contributed by atoms with Crippen LogP contribution in [0.1, 0.15) is 64.2 Å². The average molecular weight is 2540 g/mol. The smallest absolute Gasteiger partial charge is 0.308 e. The number of aromatic nitrogens is 6. The first-order valence-corrected chi connectivity index (χ1v) is 48.2. The lowest BCUT2D eigenvalue weighted by Gasteiger charge is -2.19. The number of carbonyl (C=O) groups excluding carboxylic acids is 8. The second kappa shape index (κ2) is 45.5. The number of ether oxygens (including phenoxy) is 10. The van der Waals surface area contributed by atoms with Crippen molar-refractivity contribution in [3.8, 4) is 69.0 Å². The summed E-state index contributed by atoms with van der Waals surface area (Å²) in [5.74, 6) is 4.91. The van der Waals surface area contributed by atoms with Crippen LogP contribution in [0.15, 0.2) is 230 Å². The number of hydrogen-bond donors (Lipinski definition) is 8. The molecule has 32 nitrogen and oxygen atoms in total. The van der Waals surface area contributed by atoms with E-state index >= 15 is 0 Å². The molecule has 7 aromatic heterocycles. The van der Waals surface area contributed by atoms with Gasteiger partial charge in [-0.25, -0.2) is 29.9 Å². The molecule has 0 radical (unpaired) electrons. The molecule has 45 heteroatoms. The molecule has 18 rings (SSSR count). The predicted molar refractivity (Wildman–Crippen MR) is 546 cm³/mol. The Morgan fingerprint density at radius 2 is 0.618 bits per heavy atom. The average Bonchev–Trinajstić information content (AvgIpc) is 1.96. The highest BCUT2D eigenvalue weighted by Gasteiger charge is 2.31. The van der Waals surface area contributed by atoms with Crippen molar-refractivity contribution in [1.29, 1.82) is 0 Å². The third-order valence-corrected chi connectivity index (χ3v) is 24.8. The number of nitrogens with zero attached hydrogens (tertiary/aromatic N) is 6. The monoisotopic (exact) mass is 2530 g/mol. The highest BCUT2D eigenvalue weighted by Crippen LogP contribution is 2.44. The number of carbonyl (C=O) groups is 8. The Kier molecular flexibility index (Phi) is 34.0. The summed E-state index contributed by atoms with van der Waals surface area (Å²) < 4.78 is 60.0. The number of pyridine rings is 6. The van der Waals surface area contributed by atoms with Gasteiger partial charge in [0.15, 0.2) is 127 Å². The normalized spacial score (nSPS) is 15.0. The number of amides is 6. The van der Waals surface area contributed by atoms with Crippen LogP contribution < -0.4 is 79.3 Å². The lowest BCUT2D eigenvalue weighted by atomic mass is 10.1. The number of fused-ring (bicyclic) bond motifs is 6. The van der Waals surface area contributed by atoms with Crippen molar-refractivity contribution in [3.63, 3.8) is 0 Å². The van der Waals surface area contributed by atoms with Crippen molar-refractivity contribution in [2.24, 2.45) is 0 Å². The standard InChI is InChI=1S/C17H12Br2N2O4.C17H15ClN2O4.C16H9Br3N2O4.C14H7Br3N2O3.C14H7Br2ClN2O3.C13H10N2O2S/c1-8-3-4-13-16(20-8)21-17(23)14(25-13)7-10-5-11(18)15(12(19)6-10)24-9(2)22;1-9-6-10(7-12(22-2)15(9)23-3)8-13-17(21)20-16-11(24-13)4-5-14(18)19-16;1-7(22)24-14-9(17)4-8(5-10(14)18)6-12-16(23)21-15-11(25-12)2-3-13(19)20-15;2*15-7-3-6(4-8(16)12(7)20)5-10-14(21)19-13-9(22-10)1-2-11(17)18-13;1-8-2-3-10-12(14-8)15-13(16)11(17-10)6-9-4-5-18-7-9/h3-7H,1-2H3,(H,20,21,23);4-8H,1-3H3,(H,19,20,21);2-6H,1H3,(H,20,21,23);2*1-5,20H,(H,18,19,21);2-7H,1H3,(H,14,15,16)/b14-7-;13-8-;12-6-;2*10-5-;11-6-. The second-order valence-corrected chi connectivity index (χ2v) is 38.0. The van der Waals surface area contributed by atoms with Gasteiger partial charge >= 0.3 is 11.9 Å². The number of esters is 2. The Bertz CT molecular complexity index is 6750. The minimum absolute atomic E-state index is 0.0837. The molecule has 136 heavy (non-hydrogen) atoms. The number of rotatable bonds is 10. The molecule has 6 aliphatic heterocycles. The molecule has 0 bridgehead atoms. The summed E-state index contributed by atoms with van der Waals surface area (Å²) in [6.07, 6.45) is 9.65. The van der Waals surface area contributed by atoms with Gasteiger partial charge in [0, 0.05) is 25.2 Å². The first kappa shape index (κ1) is 102. The van der Waals surface area contributed by atoms with Crippen molar-refractivity contribution in [2.45, 2.75) is 34.6 Å². The van der Waals surface area contributed by atoms with Crippen LogP contribution >= 0.6 is 194 Å². The molecule has 0 spiro atoms. The van der Waals surface area contributed by atoms with E-state index in [4.69, 9.17) is 70.6 Å². The Morgan fingerprint density at radius 3 is 0.904 bits per heavy atom. The maximum absolute atomic E-state index is 12.2. The minimum atomic E-state index is -0.433. The molecular formula is C91H60Br10Cl2N12O20S. The van der Waals surface area contributed by atoms with Gasteiger partial charge in [0.1, 0.15) is 31.0 Å². The molecule has 0 saturated carbocycles. The highest BCUT2D eigenvalue weighted by molar-refractivity contribution is 9.12. The van der Waals surface area contributed by atoms with Gasteiger partial charge in [-0.2, -0.15) is 11.3 Å². The van der Waals surface area contributed by atoms with Crippen molar-refractivity contribution in [2.75, 3.05) is 46.1 Å². The van der Waals surface area contributed by atoms with Crippen LogP contribution in [0.2, 0.25) is 10.3 Å². The number of nitrogens with one attached hydrogen (secondary N) is 6. The summed E-state index contributed by atoms with van der Waals surface area (Å²) in [5, 5.41) is 39.9. The van der Waals surface area contributed by atoms with E-state index in [1.165, 1.54) is 13.8 Å². The van der Waals surface area contributed by atoms with Gasteiger partial charge in [-0.1, -0.05) is 23.2 Å². The lowest BCUT2D eigenvalue weighted by Crippen LogP contribution is -2.24. The molecule has 0 saturated heterocycles. The first-order chi connectivity index (χ1) is 64.8. The van der Waals surface area contributed by atoms with E-state index in [2.05, 4.69) is 221 Å². The van der Waals surface area contributed by atoms with E-state index in [1.54, 1.807) is 183 Å². The fourth-order valence-corrected chi connectivity index (χ4v) is 18.8. The van der Waals surface area contributed by atoms with E-state index in [1.807, 2.05) is 49.7 Å². The van der Waals surface area contributed by atoms with Crippen LogP contribution in [-0.2, 0) is 38.4 Å². The summed E-state index contributed by atoms with van der Waals surface area (Å²) in [6, 6.07) is 39.6. The van der Waals surface area contributed by atoms with Crippen molar-refractivity contribution >= 4 is 313 Å². The van der Waals surface area contributed by atoms with Gasteiger partial charge in [-0.3, -0.25) is 38.4 Å². The number of aromatic hydroxyl groups is 2. The topological polar surface area (TPSA) is 419 Å². The Hall–Kier alpha value is -11.7. The predicted octanol–water partition coefficient (Wildman–Crippen LogP) is 23.9. The summed E-state index contributed by atoms with van der Waals surface area (Å²) in [4.78, 5) is 120. The number of halogens is 12. The molecule has 8 N–H and O–H groups in total. The highest BCUT2D eigenvalue weighted by atomic mass is 79.9.